The Labute approximate surface area is 112 Å². The maximum Gasteiger partial charge on any atom is 0.321 e. The summed E-state index contributed by atoms with van der Waals surface area (Å²) in [5, 5.41) is 0.126. The predicted octanol–water partition coefficient (Wildman–Crippen LogP) is 3.35. The molecule has 2 aromatic rings. The van der Waals surface area contributed by atoms with Crippen molar-refractivity contribution in [2.75, 3.05) is 6.61 Å². The van der Waals surface area contributed by atoms with Crippen molar-refractivity contribution >= 4 is 27.5 Å². The predicted molar refractivity (Wildman–Crippen MR) is 69.1 cm³/mol. The van der Waals surface area contributed by atoms with Gasteiger partial charge in [-0.15, -0.1) is 0 Å². The lowest BCUT2D eigenvalue weighted by Crippen LogP contribution is -2.01. The Morgan fingerprint density at radius 1 is 1.18 bits per heavy atom. The van der Waals surface area contributed by atoms with Crippen LogP contribution in [-0.2, 0) is 0 Å². The quantitative estimate of drug-likeness (QED) is 0.871. The zero-order valence-corrected chi connectivity index (χ0v) is 11.4. The molecule has 0 fully saturated rings. The topological polar surface area (TPSA) is 47.9 Å². The van der Waals surface area contributed by atoms with Crippen molar-refractivity contribution in [3.05, 3.63) is 34.0 Å². The molecule has 0 unspecified atom stereocenters. The Hall–Kier alpha value is -1.20. The third kappa shape index (κ3) is 3.14. The highest BCUT2D eigenvalue weighted by atomic mass is 79.9. The summed E-state index contributed by atoms with van der Waals surface area (Å²) in [5.41, 5.74) is 0.860. The van der Waals surface area contributed by atoms with Crippen molar-refractivity contribution in [2.45, 2.75) is 6.92 Å². The van der Waals surface area contributed by atoms with Gasteiger partial charge in [-0.1, -0.05) is 28.1 Å². The molecule has 0 atom stereocenters. The molecule has 17 heavy (non-hydrogen) atoms. The third-order valence-corrected chi connectivity index (χ3v) is 2.66. The second-order valence-corrected chi connectivity index (χ2v) is 4.40. The van der Waals surface area contributed by atoms with Gasteiger partial charge in [0.25, 0.3) is 0 Å². The number of halogens is 2. The molecule has 0 saturated heterocycles. The van der Waals surface area contributed by atoms with Crippen molar-refractivity contribution in [2.24, 2.45) is 0 Å². The minimum absolute atomic E-state index is 0.126. The summed E-state index contributed by atoms with van der Waals surface area (Å²) in [7, 11) is 0. The van der Waals surface area contributed by atoms with E-state index in [-0.39, 0.29) is 11.3 Å². The molecule has 0 spiro atoms. The van der Waals surface area contributed by atoms with Gasteiger partial charge < -0.3 is 4.74 Å². The van der Waals surface area contributed by atoms with E-state index in [2.05, 4.69) is 30.9 Å². The fraction of sp³-hybridized carbons (Fsp3) is 0.182. The van der Waals surface area contributed by atoms with E-state index in [1.807, 2.05) is 31.2 Å². The van der Waals surface area contributed by atoms with Crippen LogP contribution in [0.15, 0.2) is 28.7 Å². The largest absolute Gasteiger partial charge is 0.464 e. The van der Waals surface area contributed by atoms with Crippen LogP contribution < -0.4 is 4.74 Å². The molecule has 0 saturated carbocycles. The Kier molecular flexibility index (Phi) is 3.91. The summed E-state index contributed by atoms with van der Waals surface area (Å²) < 4.78 is 6.21. The average molecular weight is 315 g/mol. The van der Waals surface area contributed by atoms with Gasteiger partial charge in [0.2, 0.25) is 5.28 Å². The first kappa shape index (κ1) is 12.3. The van der Waals surface area contributed by atoms with Gasteiger partial charge in [-0.25, -0.2) is 0 Å². The highest BCUT2D eigenvalue weighted by molar-refractivity contribution is 9.10. The smallest absolute Gasteiger partial charge is 0.321 e. The van der Waals surface area contributed by atoms with Gasteiger partial charge in [0, 0.05) is 10.0 Å². The Morgan fingerprint density at radius 3 is 2.53 bits per heavy atom. The molecule has 0 aliphatic carbocycles. The molecule has 4 nitrogen and oxygen atoms in total. The van der Waals surface area contributed by atoms with Gasteiger partial charge >= 0.3 is 6.01 Å². The van der Waals surface area contributed by atoms with Gasteiger partial charge in [-0.3, -0.25) is 0 Å². The Bertz CT molecular complexity index is 519. The van der Waals surface area contributed by atoms with E-state index in [1.165, 1.54) is 0 Å². The summed E-state index contributed by atoms with van der Waals surface area (Å²) in [6.07, 6.45) is 0. The summed E-state index contributed by atoms with van der Waals surface area (Å²) in [6, 6.07) is 7.85. The van der Waals surface area contributed by atoms with Gasteiger partial charge in [-0.05, 0) is 30.7 Å². The normalized spacial score (nSPS) is 10.3. The van der Waals surface area contributed by atoms with Gasteiger partial charge in [-0.2, -0.15) is 15.0 Å². The molecule has 6 heteroatoms. The fourth-order valence-electron chi connectivity index (χ4n) is 1.25. The fourth-order valence-corrected chi connectivity index (χ4v) is 1.67. The molecule has 1 aromatic carbocycles. The van der Waals surface area contributed by atoms with Crippen LogP contribution >= 0.6 is 27.5 Å². The summed E-state index contributed by atoms with van der Waals surface area (Å²) in [5.74, 6) is 0.501. The zero-order valence-electron chi connectivity index (χ0n) is 9.02. The molecule has 0 bridgehead atoms. The van der Waals surface area contributed by atoms with E-state index in [1.54, 1.807) is 0 Å². The van der Waals surface area contributed by atoms with E-state index in [0.717, 1.165) is 10.0 Å². The molecule has 88 valence electrons. The summed E-state index contributed by atoms with van der Waals surface area (Å²) >= 11 is 9.18. The number of nitrogens with zero attached hydrogens (tertiary/aromatic N) is 3. The number of benzene rings is 1. The molecular formula is C11H9BrClN3O. The van der Waals surface area contributed by atoms with Crippen LogP contribution in [0.4, 0.5) is 0 Å². The Morgan fingerprint density at radius 2 is 1.88 bits per heavy atom. The molecule has 1 heterocycles. The van der Waals surface area contributed by atoms with Crippen molar-refractivity contribution in [1.29, 1.82) is 0 Å². The standard InChI is InChI=1S/C11H9BrClN3O/c1-2-17-11-15-9(14-10(13)16-11)7-3-5-8(12)6-4-7/h3-6H,2H2,1H3. The second-order valence-electron chi connectivity index (χ2n) is 3.15. The SMILES string of the molecule is CCOc1nc(Cl)nc(-c2ccc(Br)cc2)n1. The van der Waals surface area contributed by atoms with Gasteiger partial charge in [0.1, 0.15) is 0 Å². The number of aromatic nitrogens is 3. The van der Waals surface area contributed by atoms with Crippen LogP contribution in [0.25, 0.3) is 11.4 Å². The van der Waals surface area contributed by atoms with Crippen LogP contribution in [0.1, 0.15) is 6.92 Å². The van der Waals surface area contributed by atoms with E-state index >= 15 is 0 Å². The lowest BCUT2D eigenvalue weighted by molar-refractivity contribution is 0.312. The second kappa shape index (κ2) is 5.42. The van der Waals surface area contributed by atoms with Crippen LogP contribution in [-0.4, -0.2) is 21.6 Å². The van der Waals surface area contributed by atoms with Crippen molar-refractivity contribution in [3.8, 4) is 17.4 Å². The highest BCUT2D eigenvalue weighted by Crippen LogP contribution is 2.21. The monoisotopic (exact) mass is 313 g/mol. The van der Waals surface area contributed by atoms with E-state index in [0.29, 0.717) is 12.4 Å². The van der Waals surface area contributed by atoms with Crippen LogP contribution in [0.2, 0.25) is 5.28 Å². The first-order valence-corrected chi connectivity index (χ1v) is 6.16. The molecule has 1 aromatic heterocycles. The number of hydrogen-bond donors (Lipinski definition) is 0. The Balaban J connectivity index is 2.40. The number of ether oxygens (including phenoxy) is 1. The molecule has 0 aliphatic rings. The van der Waals surface area contributed by atoms with E-state index < -0.39 is 0 Å². The van der Waals surface area contributed by atoms with Crippen molar-refractivity contribution in [3.63, 3.8) is 0 Å². The van der Waals surface area contributed by atoms with Crippen LogP contribution in [0, 0.1) is 0 Å². The molecular weight excluding hydrogens is 305 g/mol. The van der Waals surface area contributed by atoms with E-state index in [9.17, 15) is 0 Å². The van der Waals surface area contributed by atoms with Gasteiger partial charge in [0.05, 0.1) is 6.61 Å². The van der Waals surface area contributed by atoms with Crippen molar-refractivity contribution in [1.82, 2.24) is 15.0 Å². The molecule has 0 amide bonds. The maximum atomic E-state index is 5.82. The molecule has 0 radical (unpaired) electrons. The summed E-state index contributed by atoms with van der Waals surface area (Å²) in [4.78, 5) is 12.1. The first-order valence-electron chi connectivity index (χ1n) is 4.99. The zero-order chi connectivity index (χ0) is 12.3. The lowest BCUT2D eigenvalue weighted by atomic mass is 10.2. The van der Waals surface area contributed by atoms with Crippen molar-refractivity contribution < 1.29 is 4.74 Å². The highest BCUT2D eigenvalue weighted by Gasteiger charge is 2.07. The number of rotatable bonds is 3. The summed E-state index contributed by atoms with van der Waals surface area (Å²) in [6.45, 7) is 2.34. The molecule has 2 rings (SSSR count). The average Bonchev–Trinajstić information content (AvgIpc) is 2.29. The third-order valence-electron chi connectivity index (χ3n) is 1.96. The molecule has 0 aliphatic heterocycles. The van der Waals surface area contributed by atoms with E-state index in [4.69, 9.17) is 16.3 Å². The molecule has 0 N–H and O–H groups in total. The van der Waals surface area contributed by atoms with Crippen LogP contribution in [0.3, 0.4) is 0 Å². The minimum atomic E-state index is 0.126. The lowest BCUT2D eigenvalue weighted by Gasteiger charge is -2.04. The van der Waals surface area contributed by atoms with Gasteiger partial charge in [0.15, 0.2) is 5.82 Å². The number of hydrogen-bond acceptors (Lipinski definition) is 4. The first-order chi connectivity index (χ1) is 8.19. The minimum Gasteiger partial charge on any atom is -0.464 e. The van der Waals surface area contributed by atoms with Crippen LogP contribution in [0.5, 0.6) is 6.01 Å². The maximum absolute atomic E-state index is 5.82.